The van der Waals surface area contributed by atoms with Gasteiger partial charge in [0.15, 0.2) is 0 Å². The molecule has 0 atom stereocenters. The first-order valence-electron chi connectivity index (χ1n) is 3.44. The second-order valence-corrected chi connectivity index (χ2v) is 2.39. The van der Waals surface area contributed by atoms with E-state index in [0.717, 1.165) is 17.0 Å². The second kappa shape index (κ2) is 2.34. The molecule has 1 aliphatic rings. The fourth-order valence-electron chi connectivity index (χ4n) is 1.10. The third kappa shape index (κ3) is 0.981. The van der Waals surface area contributed by atoms with Crippen LogP contribution in [0, 0.1) is 0 Å². The summed E-state index contributed by atoms with van der Waals surface area (Å²) in [6.45, 7) is 0.687. The summed E-state index contributed by atoms with van der Waals surface area (Å²) >= 11 is 0. The largest absolute Gasteiger partial charge is 0.497 e. The summed E-state index contributed by atoms with van der Waals surface area (Å²) in [7, 11) is 1.66. The fraction of sp³-hybridized carbons (Fsp3) is 0.250. The van der Waals surface area contributed by atoms with Crippen LogP contribution in [0.4, 0.5) is 5.69 Å². The van der Waals surface area contributed by atoms with Crippen LogP contribution in [0.1, 0.15) is 5.56 Å². The molecule has 0 bridgehead atoms. The zero-order valence-corrected chi connectivity index (χ0v) is 6.24. The van der Waals surface area contributed by atoms with Crippen molar-refractivity contribution >= 4 is 5.69 Å². The van der Waals surface area contributed by atoms with Crippen molar-refractivity contribution in [2.75, 3.05) is 7.11 Å². The highest BCUT2D eigenvalue weighted by Crippen LogP contribution is 2.29. The zero-order valence-electron chi connectivity index (χ0n) is 6.24. The van der Waals surface area contributed by atoms with Gasteiger partial charge in [-0.1, -0.05) is 0 Å². The van der Waals surface area contributed by atoms with Crippen LogP contribution in [0.5, 0.6) is 5.75 Å². The molecule has 0 aliphatic carbocycles. The van der Waals surface area contributed by atoms with Crippen LogP contribution in [0.2, 0.25) is 0 Å². The Morgan fingerprint density at radius 3 is 3.18 bits per heavy atom. The molecule has 11 heavy (non-hydrogen) atoms. The molecule has 1 aromatic carbocycles. The van der Waals surface area contributed by atoms with Gasteiger partial charge in [-0.05, 0) is 18.2 Å². The number of benzene rings is 1. The molecule has 0 aromatic heterocycles. The molecule has 0 N–H and O–H groups in total. The number of fused-ring (bicyclic) bond motifs is 1. The predicted octanol–water partition coefficient (Wildman–Crippen LogP) is 2.29. The molecule has 0 amide bonds. The van der Waals surface area contributed by atoms with Gasteiger partial charge in [-0.2, -0.15) is 10.2 Å². The van der Waals surface area contributed by atoms with Gasteiger partial charge in [-0.25, -0.2) is 0 Å². The lowest BCUT2D eigenvalue weighted by Gasteiger charge is -1.99. The van der Waals surface area contributed by atoms with E-state index in [9.17, 15) is 0 Å². The topological polar surface area (TPSA) is 34.0 Å². The molecule has 0 saturated heterocycles. The fourth-order valence-corrected chi connectivity index (χ4v) is 1.10. The summed E-state index contributed by atoms with van der Waals surface area (Å²) in [5.41, 5.74) is 2.11. The highest BCUT2D eigenvalue weighted by atomic mass is 16.5. The van der Waals surface area contributed by atoms with Crippen LogP contribution >= 0.6 is 0 Å². The highest BCUT2D eigenvalue weighted by molar-refractivity contribution is 5.50. The molecule has 1 aromatic rings. The standard InChI is InChI=1S/C8H8N2O/c1-11-7-2-3-8-6(4-7)5-9-10-8/h2-4H,5H2,1H3. The third-order valence-corrected chi connectivity index (χ3v) is 1.71. The summed E-state index contributed by atoms with van der Waals surface area (Å²) in [5.74, 6) is 0.871. The van der Waals surface area contributed by atoms with E-state index in [-0.39, 0.29) is 0 Å². The summed E-state index contributed by atoms with van der Waals surface area (Å²) in [6.07, 6.45) is 0. The summed E-state index contributed by atoms with van der Waals surface area (Å²) in [5, 5.41) is 7.84. The lowest BCUT2D eigenvalue weighted by atomic mass is 10.2. The average Bonchev–Trinajstić information content (AvgIpc) is 2.50. The Hall–Kier alpha value is -1.38. The maximum absolute atomic E-state index is 5.06. The molecule has 2 rings (SSSR count). The number of rotatable bonds is 1. The first-order chi connectivity index (χ1) is 5.40. The Morgan fingerprint density at radius 1 is 1.45 bits per heavy atom. The van der Waals surface area contributed by atoms with Gasteiger partial charge in [0.2, 0.25) is 0 Å². The van der Waals surface area contributed by atoms with Crippen LogP contribution in [-0.4, -0.2) is 7.11 Å². The Labute approximate surface area is 64.7 Å². The molecular formula is C8H8N2O. The van der Waals surface area contributed by atoms with Gasteiger partial charge in [0.1, 0.15) is 5.75 Å². The molecule has 0 spiro atoms. The minimum atomic E-state index is 0.687. The van der Waals surface area contributed by atoms with E-state index in [4.69, 9.17) is 4.74 Å². The van der Waals surface area contributed by atoms with Crippen LogP contribution in [0.15, 0.2) is 28.4 Å². The molecule has 3 heteroatoms. The molecule has 56 valence electrons. The zero-order chi connectivity index (χ0) is 7.68. The van der Waals surface area contributed by atoms with Crippen molar-refractivity contribution in [3.05, 3.63) is 23.8 Å². The highest BCUT2D eigenvalue weighted by Gasteiger charge is 2.07. The molecule has 3 nitrogen and oxygen atoms in total. The van der Waals surface area contributed by atoms with Gasteiger partial charge in [0, 0.05) is 5.56 Å². The summed E-state index contributed by atoms with van der Waals surface area (Å²) in [4.78, 5) is 0. The third-order valence-electron chi connectivity index (χ3n) is 1.71. The van der Waals surface area contributed by atoms with Gasteiger partial charge < -0.3 is 4.74 Å². The molecule has 0 saturated carbocycles. The Balaban J connectivity index is 2.45. The number of methoxy groups -OCH3 is 1. The van der Waals surface area contributed by atoms with Gasteiger partial charge >= 0.3 is 0 Å². The molecule has 0 unspecified atom stereocenters. The van der Waals surface area contributed by atoms with Crippen molar-refractivity contribution < 1.29 is 4.74 Å². The maximum Gasteiger partial charge on any atom is 0.119 e. The Kier molecular flexibility index (Phi) is 1.35. The molecule has 0 radical (unpaired) electrons. The van der Waals surface area contributed by atoms with Crippen LogP contribution in [-0.2, 0) is 6.54 Å². The number of hydrogen-bond donors (Lipinski definition) is 0. The lowest BCUT2D eigenvalue weighted by molar-refractivity contribution is 0.414. The second-order valence-electron chi connectivity index (χ2n) is 2.39. The van der Waals surface area contributed by atoms with Gasteiger partial charge in [-0.3, -0.25) is 0 Å². The van der Waals surface area contributed by atoms with Crippen LogP contribution in [0.3, 0.4) is 0 Å². The number of nitrogens with zero attached hydrogens (tertiary/aromatic N) is 2. The molecule has 1 aliphatic heterocycles. The van der Waals surface area contributed by atoms with Crippen molar-refractivity contribution in [2.24, 2.45) is 10.2 Å². The van der Waals surface area contributed by atoms with Crippen molar-refractivity contribution in [3.63, 3.8) is 0 Å². The quantitative estimate of drug-likeness (QED) is 0.601. The minimum Gasteiger partial charge on any atom is -0.497 e. The normalized spacial score (nSPS) is 13.2. The van der Waals surface area contributed by atoms with Gasteiger partial charge in [-0.15, -0.1) is 0 Å². The predicted molar refractivity (Wildman–Crippen MR) is 41.2 cm³/mol. The first kappa shape index (κ1) is 6.34. The van der Waals surface area contributed by atoms with E-state index in [2.05, 4.69) is 10.2 Å². The van der Waals surface area contributed by atoms with Crippen molar-refractivity contribution in [1.29, 1.82) is 0 Å². The monoisotopic (exact) mass is 148 g/mol. The Bertz CT molecular complexity index is 307. The SMILES string of the molecule is COc1ccc2c(c1)CN=N2. The smallest absolute Gasteiger partial charge is 0.119 e. The number of hydrogen-bond acceptors (Lipinski definition) is 3. The van der Waals surface area contributed by atoms with Gasteiger partial charge in [0.25, 0.3) is 0 Å². The lowest BCUT2D eigenvalue weighted by Crippen LogP contribution is -1.83. The van der Waals surface area contributed by atoms with E-state index in [1.807, 2.05) is 18.2 Å². The molecule has 0 fully saturated rings. The van der Waals surface area contributed by atoms with Gasteiger partial charge in [0.05, 0.1) is 19.3 Å². The summed E-state index contributed by atoms with van der Waals surface area (Å²) in [6, 6.07) is 5.78. The molecular weight excluding hydrogens is 140 g/mol. The summed E-state index contributed by atoms with van der Waals surface area (Å²) < 4.78 is 5.06. The number of azo groups is 1. The van der Waals surface area contributed by atoms with E-state index in [1.54, 1.807) is 7.11 Å². The van der Waals surface area contributed by atoms with E-state index < -0.39 is 0 Å². The van der Waals surface area contributed by atoms with Crippen LogP contribution < -0.4 is 4.74 Å². The maximum atomic E-state index is 5.06. The van der Waals surface area contributed by atoms with Crippen LogP contribution in [0.25, 0.3) is 0 Å². The molecule has 1 heterocycles. The van der Waals surface area contributed by atoms with Crippen molar-refractivity contribution in [1.82, 2.24) is 0 Å². The first-order valence-corrected chi connectivity index (χ1v) is 3.44. The Morgan fingerprint density at radius 2 is 2.36 bits per heavy atom. The van der Waals surface area contributed by atoms with E-state index >= 15 is 0 Å². The minimum absolute atomic E-state index is 0.687. The van der Waals surface area contributed by atoms with E-state index in [1.165, 1.54) is 0 Å². The van der Waals surface area contributed by atoms with Crippen molar-refractivity contribution in [3.8, 4) is 5.75 Å². The average molecular weight is 148 g/mol. The van der Waals surface area contributed by atoms with E-state index in [0.29, 0.717) is 6.54 Å². The number of ether oxygens (including phenoxy) is 1. The van der Waals surface area contributed by atoms with Crippen molar-refractivity contribution in [2.45, 2.75) is 6.54 Å².